The van der Waals surface area contributed by atoms with Gasteiger partial charge in [-0.25, -0.2) is 4.79 Å². The van der Waals surface area contributed by atoms with Gasteiger partial charge in [0.2, 0.25) is 11.8 Å². The zero-order valence-electron chi connectivity index (χ0n) is 17.0. The molecule has 0 radical (unpaired) electrons. The van der Waals surface area contributed by atoms with Crippen molar-refractivity contribution < 1.29 is 23.9 Å². The lowest BCUT2D eigenvalue weighted by molar-refractivity contribution is -0.162. The lowest BCUT2D eigenvalue weighted by atomic mass is 9.81. The van der Waals surface area contributed by atoms with Gasteiger partial charge in [-0.15, -0.1) is 0 Å². The number of rotatable bonds is 6. The Morgan fingerprint density at radius 3 is 2.37 bits per heavy atom. The van der Waals surface area contributed by atoms with Gasteiger partial charge in [0.1, 0.15) is 6.04 Å². The third-order valence-electron chi connectivity index (χ3n) is 6.57. The molecule has 0 aromatic heterocycles. The van der Waals surface area contributed by atoms with Crippen molar-refractivity contribution in [3.8, 4) is 0 Å². The first-order chi connectivity index (χ1) is 14.3. The highest BCUT2D eigenvalue weighted by Crippen LogP contribution is 2.56. The fraction of sp³-hybridized carbons (Fsp3) is 0.545. The summed E-state index contributed by atoms with van der Waals surface area (Å²) in [4.78, 5) is 52.2. The lowest BCUT2D eigenvalue weighted by Gasteiger charge is -2.28. The quantitative estimate of drug-likeness (QED) is 0.551. The molecule has 4 rings (SSSR count). The smallest absolute Gasteiger partial charge is 0.330 e. The van der Waals surface area contributed by atoms with Crippen molar-refractivity contribution in [3.05, 3.63) is 29.3 Å². The summed E-state index contributed by atoms with van der Waals surface area (Å²) in [6.45, 7) is 3.02. The van der Waals surface area contributed by atoms with Crippen LogP contribution in [0.2, 0.25) is 5.02 Å². The molecule has 3 amide bonds. The largest absolute Gasteiger partial charge is 0.454 e. The number of nitrogens with zero attached hydrogens (tertiary/aromatic N) is 1. The summed E-state index contributed by atoms with van der Waals surface area (Å²) < 4.78 is 5.20. The minimum atomic E-state index is -1.02. The van der Waals surface area contributed by atoms with E-state index in [0.29, 0.717) is 10.7 Å². The predicted molar refractivity (Wildman–Crippen MR) is 109 cm³/mol. The Hall–Kier alpha value is -2.41. The molecule has 7 nitrogen and oxygen atoms in total. The molecule has 1 aromatic rings. The van der Waals surface area contributed by atoms with Crippen LogP contribution in [0.5, 0.6) is 0 Å². The number of hydrogen-bond donors (Lipinski definition) is 1. The van der Waals surface area contributed by atoms with E-state index in [1.54, 1.807) is 38.1 Å². The van der Waals surface area contributed by atoms with E-state index in [9.17, 15) is 19.2 Å². The highest BCUT2D eigenvalue weighted by Gasteiger charge is 2.62. The van der Waals surface area contributed by atoms with Crippen molar-refractivity contribution in [3.63, 3.8) is 0 Å². The maximum absolute atomic E-state index is 13.1. The van der Waals surface area contributed by atoms with Crippen LogP contribution in [0.1, 0.15) is 33.1 Å². The molecule has 1 aliphatic heterocycles. The molecule has 8 heteroatoms. The first-order valence-electron chi connectivity index (χ1n) is 10.4. The molecular weight excluding hydrogens is 408 g/mol. The fourth-order valence-corrected chi connectivity index (χ4v) is 5.56. The van der Waals surface area contributed by atoms with Crippen LogP contribution in [0, 0.1) is 29.6 Å². The average molecular weight is 433 g/mol. The first-order valence-corrected chi connectivity index (χ1v) is 10.7. The van der Waals surface area contributed by atoms with Crippen LogP contribution in [-0.2, 0) is 23.9 Å². The van der Waals surface area contributed by atoms with Crippen LogP contribution in [0.3, 0.4) is 0 Å². The van der Waals surface area contributed by atoms with Gasteiger partial charge in [-0.05, 0) is 55.2 Å². The Labute approximate surface area is 180 Å². The van der Waals surface area contributed by atoms with Crippen molar-refractivity contribution in [2.75, 3.05) is 11.9 Å². The number of halogens is 1. The van der Waals surface area contributed by atoms with Gasteiger partial charge in [0.15, 0.2) is 6.61 Å². The van der Waals surface area contributed by atoms with Gasteiger partial charge in [-0.3, -0.25) is 19.3 Å². The summed E-state index contributed by atoms with van der Waals surface area (Å²) in [7, 11) is 0. The van der Waals surface area contributed by atoms with Crippen molar-refractivity contribution in [1.29, 1.82) is 0 Å². The van der Waals surface area contributed by atoms with E-state index in [0.717, 1.165) is 24.2 Å². The molecule has 1 N–H and O–H groups in total. The van der Waals surface area contributed by atoms with Gasteiger partial charge in [0, 0.05) is 10.7 Å². The number of amides is 3. The van der Waals surface area contributed by atoms with E-state index in [2.05, 4.69) is 5.32 Å². The maximum atomic E-state index is 13.1. The molecule has 0 spiro atoms. The molecule has 30 heavy (non-hydrogen) atoms. The Balaban J connectivity index is 1.42. The molecule has 2 saturated carbocycles. The van der Waals surface area contributed by atoms with Crippen LogP contribution in [0.4, 0.5) is 5.69 Å². The number of anilines is 1. The summed E-state index contributed by atoms with van der Waals surface area (Å²) in [5, 5.41) is 3.07. The molecule has 3 fully saturated rings. The van der Waals surface area contributed by atoms with Crippen LogP contribution >= 0.6 is 11.6 Å². The summed E-state index contributed by atoms with van der Waals surface area (Å²) in [6.07, 6.45) is 2.87. The lowest BCUT2D eigenvalue weighted by Crippen LogP contribution is -2.50. The van der Waals surface area contributed by atoms with Gasteiger partial charge >= 0.3 is 5.97 Å². The van der Waals surface area contributed by atoms with Gasteiger partial charge in [0.25, 0.3) is 5.91 Å². The minimum Gasteiger partial charge on any atom is -0.454 e. The van der Waals surface area contributed by atoms with Crippen LogP contribution in [0.25, 0.3) is 0 Å². The fourth-order valence-electron chi connectivity index (χ4n) is 5.37. The second-order valence-corrected chi connectivity index (χ2v) is 9.22. The van der Waals surface area contributed by atoms with Crippen molar-refractivity contribution >= 4 is 41.0 Å². The number of carbonyl (C=O) groups excluding carboxylic acids is 4. The number of nitrogens with one attached hydrogen (secondary N) is 1. The number of carbonyl (C=O) groups is 4. The second kappa shape index (κ2) is 8.02. The van der Waals surface area contributed by atoms with Gasteiger partial charge in [-0.2, -0.15) is 0 Å². The maximum Gasteiger partial charge on any atom is 0.330 e. The molecular formula is C22H25ClN2O5. The number of likely N-dealkylation sites (tertiary alicyclic amines) is 1. The topological polar surface area (TPSA) is 92.8 Å². The van der Waals surface area contributed by atoms with E-state index in [4.69, 9.17) is 16.3 Å². The second-order valence-electron chi connectivity index (χ2n) is 8.79. The van der Waals surface area contributed by atoms with E-state index in [1.807, 2.05) is 0 Å². The summed E-state index contributed by atoms with van der Waals surface area (Å²) in [5.41, 5.74) is 0.483. The molecule has 160 valence electrons. The highest BCUT2D eigenvalue weighted by atomic mass is 35.5. The number of imide groups is 1. The highest BCUT2D eigenvalue weighted by molar-refractivity contribution is 6.30. The number of benzene rings is 1. The van der Waals surface area contributed by atoms with E-state index < -0.39 is 24.5 Å². The Kier molecular flexibility index (Phi) is 5.57. The molecule has 0 unspecified atom stereocenters. The van der Waals surface area contributed by atoms with E-state index in [-0.39, 0.29) is 41.4 Å². The standard InChI is InChI=1S/C22H25ClN2O5/c1-11(2)19(22(29)30-10-16(26)24-15-5-3-4-14(23)9-15)25-20(27)17-12-6-7-13(8-12)18(17)21(25)28/h3-5,9,11-13,17-19H,6-8,10H2,1-2H3,(H,24,26)/t12-,13-,17+,18+,19+/m0/s1. The zero-order valence-corrected chi connectivity index (χ0v) is 17.7. The molecule has 2 bridgehead atoms. The molecule has 3 aliphatic rings. The Morgan fingerprint density at radius 2 is 1.80 bits per heavy atom. The molecule has 2 aliphatic carbocycles. The van der Waals surface area contributed by atoms with Crippen molar-refractivity contribution in [2.45, 2.75) is 39.2 Å². The third-order valence-corrected chi connectivity index (χ3v) is 6.80. The summed E-state index contributed by atoms with van der Waals surface area (Å²) in [6, 6.07) is 5.59. The minimum absolute atomic E-state index is 0.244. The SMILES string of the molecule is CC(C)[C@H](C(=O)OCC(=O)Nc1cccc(Cl)c1)N1C(=O)[C@@H]2[C@H]3CC[C@@H](C3)[C@H]2C1=O. The number of ether oxygens (including phenoxy) is 1. The van der Waals surface area contributed by atoms with Crippen LogP contribution in [0.15, 0.2) is 24.3 Å². The monoisotopic (exact) mass is 432 g/mol. The third kappa shape index (κ3) is 3.60. The summed E-state index contributed by atoms with van der Waals surface area (Å²) in [5.74, 6) is -2.19. The summed E-state index contributed by atoms with van der Waals surface area (Å²) >= 11 is 5.89. The molecule has 1 heterocycles. The molecule has 1 saturated heterocycles. The normalized spacial score (nSPS) is 28.1. The molecule has 5 atom stereocenters. The van der Waals surface area contributed by atoms with Gasteiger partial charge < -0.3 is 10.1 Å². The number of fused-ring (bicyclic) bond motifs is 5. The first kappa shape index (κ1) is 20.8. The molecule has 1 aromatic carbocycles. The van der Waals surface area contributed by atoms with E-state index in [1.165, 1.54) is 0 Å². The Morgan fingerprint density at radius 1 is 1.17 bits per heavy atom. The Bertz CT molecular complexity index is 873. The number of esters is 1. The van der Waals surface area contributed by atoms with E-state index >= 15 is 0 Å². The van der Waals surface area contributed by atoms with Gasteiger partial charge in [-0.1, -0.05) is 31.5 Å². The number of hydrogen-bond acceptors (Lipinski definition) is 5. The zero-order chi connectivity index (χ0) is 21.6. The van der Waals surface area contributed by atoms with Gasteiger partial charge in [0.05, 0.1) is 11.8 Å². The average Bonchev–Trinajstić information content (AvgIpc) is 3.36. The predicted octanol–water partition coefficient (Wildman–Crippen LogP) is 2.88. The van der Waals surface area contributed by atoms with Crippen molar-refractivity contribution in [1.82, 2.24) is 4.90 Å². The van der Waals surface area contributed by atoms with Crippen molar-refractivity contribution in [2.24, 2.45) is 29.6 Å². The van der Waals surface area contributed by atoms with Crippen LogP contribution < -0.4 is 5.32 Å². The van der Waals surface area contributed by atoms with Crippen LogP contribution in [-0.4, -0.2) is 41.2 Å².